The van der Waals surface area contributed by atoms with Gasteiger partial charge in [0.1, 0.15) is 11.5 Å². The predicted octanol–water partition coefficient (Wildman–Crippen LogP) is 4.09. The molecule has 5 nitrogen and oxygen atoms in total. The number of hydrogen-bond donors (Lipinski definition) is 0. The molecular weight excluding hydrogens is 324 g/mol. The van der Waals surface area contributed by atoms with E-state index < -0.39 is 0 Å². The highest BCUT2D eigenvalue weighted by Crippen LogP contribution is 2.25. The second kappa shape index (κ2) is 7.88. The monoisotopic (exact) mass is 342 g/mol. The van der Waals surface area contributed by atoms with Gasteiger partial charge in [0.2, 0.25) is 5.89 Å². The van der Waals surface area contributed by atoms with Gasteiger partial charge < -0.3 is 13.9 Å². The van der Waals surface area contributed by atoms with Crippen LogP contribution in [0.1, 0.15) is 5.56 Å². The van der Waals surface area contributed by atoms with Crippen LogP contribution in [0.4, 0.5) is 0 Å². The minimum absolute atomic E-state index is 0.518. The fraction of sp³-hybridized carbons (Fsp3) is 0.222. The second-order valence-electron chi connectivity index (χ2n) is 5.05. The number of hydrogen-bond acceptors (Lipinski definition) is 6. The quantitative estimate of drug-likeness (QED) is 0.603. The largest absolute Gasteiger partial charge is 0.497 e. The van der Waals surface area contributed by atoms with Gasteiger partial charge in [0.05, 0.1) is 14.2 Å². The Morgan fingerprint density at radius 1 is 0.875 bits per heavy atom. The van der Waals surface area contributed by atoms with E-state index >= 15 is 0 Å². The summed E-state index contributed by atoms with van der Waals surface area (Å²) in [5.41, 5.74) is 2.13. The third-order valence-corrected chi connectivity index (χ3v) is 4.34. The molecule has 0 aliphatic carbocycles. The topological polar surface area (TPSA) is 57.4 Å². The number of rotatable bonds is 7. The van der Waals surface area contributed by atoms with Crippen LogP contribution in [-0.2, 0) is 6.42 Å². The maximum atomic E-state index is 5.70. The van der Waals surface area contributed by atoms with Crippen LogP contribution in [0.15, 0.2) is 58.2 Å². The summed E-state index contributed by atoms with van der Waals surface area (Å²) in [4.78, 5) is 0. The zero-order valence-corrected chi connectivity index (χ0v) is 14.4. The molecule has 0 aliphatic heterocycles. The van der Waals surface area contributed by atoms with Crippen molar-refractivity contribution in [3.63, 3.8) is 0 Å². The molecule has 0 radical (unpaired) electrons. The summed E-state index contributed by atoms with van der Waals surface area (Å²) in [5.74, 6) is 3.06. The van der Waals surface area contributed by atoms with Crippen molar-refractivity contribution in [3.8, 4) is 23.0 Å². The van der Waals surface area contributed by atoms with E-state index in [2.05, 4.69) is 22.3 Å². The Morgan fingerprint density at radius 3 is 2.12 bits per heavy atom. The van der Waals surface area contributed by atoms with Crippen LogP contribution in [-0.4, -0.2) is 30.2 Å². The zero-order chi connectivity index (χ0) is 16.8. The lowest BCUT2D eigenvalue weighted by Gasteiger charge is -2.02. The van der Waals surface area contributed by atoms with E-state index in [-0.39, 0.29) is 0 Å². The van der Waals surface area contributed by atoms with Crippen LogP contribution < -0.4 is 9.47 Å². The Balaban J connectivity index is 1.55. The first kappa shape index (κ1) is 16.4. The fourth-order valence-electron chi connectivity index (χ4n) is 2.17. The summed E-state index contributed by atoms with van der Waals surface area (Å²) in [6.07, 6.45) is 0.926. The molecule has 0 fully saturated rings. The highest BCUT2D eigenvalue weighted by molar-refractivity contribution is 7.99. The first-order chi connectivity index (χ1) is 11.8. The molecule has 1 heterocycles. The first-order valence-corrected chi connectivity index (χ1v) is 8.50. The lowest BCUT2D eigenvalue weighted by Crippen LogP contribution is -1.89. The van der Waals surface area contributed by atoms with Gasteiger partial charge in [0.25, 0.3) is 5.22 Å². The van der Waals surface area contributed by atoms with E-state index in [0.717, 1.165) is 29.2 Å². The van der Waals surface area contributed by atoms with Crippen molar-refractivity contribution in [2.45, 2.75) is 11.6 Å². The van der Waals surface area contributed by atoms with Gasteiger partial charge in [-0.1, -0.05) is 23.9 Å². The van der Waals surface area contributed by atoms with Crippen LogP contribution in [0.2, 0.25) is 0 Å². The Morgan fingerprint density at radius 2 is 1.50 bits per heavy atom. The number of aromatic nitrogens is 2. The zero-order valence-electron chi connectivity index (χ0n) is 13.6. The predicted molar refractivity (Wildman–Crippen MR) is 93.7 cm³/mol. The van der Waals surface area contributed by atoms with Crippen LogP contribution >= 0.6 is 11.8 Å². The number of thioether (sulfide) groups is 1. The molecule has 0 N–H and O–H groups in total. The van der Waals surface area contributed by atoms with Crippen molar-refractivity contribution in [3.05, 3.63) is 54.1 Å². The van der Waals surface area contributed by atoms with Crippen LogP contribution in [0.5, 0.6) is 11.5 Å². The molecule has 24 heavy (non-hydrogen) atoms. The Labute approximate surface area is 145 Å². The summed E-state index contributed by atoms with van der Waals surface area (Å²) in [5, 5.41) is 8.76. The highest BCUT2D eigenvalue weighted by Gasteiger charge is 2.09. The van der Waals surface area contributed by atoms with Gasteiger partial charge in [0.15, 0.2) is 0 Å². The smallest absolute Gasteiger partial charge is 0.276 e. The van der Waals surface area contributed by atoms with E-state index in [1.54, 1.807) is 26.0 Å². The first-order valence-electron chi connectivity index (χ1n) is 7.52. The van der Waals surface area contributed by atoms with Gasteiger partial charge >= 0.3 is 0 Å². The van der Waals surface area contributed by atoms with Gasteiger partial charge in [-0.05, 0) is 48.4 Å². The maximum absolute atomic E-state index is 5.70. The normalized spacial score (nSPS) is 10.6. The Bertz CT molecular complexity index is 770. The Hall–Kier alpha value is -2.47. The number of aryl methyl sites for hydroxylation is 1. The minimum Gasteiger partial charge on any atom is -0.497 e. The average molecular weight is 342 g/mol. The molecule has 0 unspecified atom stereocenters. The Kier molecular flexibility index (Phi) is 5.38. The van der Waals surface area contributed by atoms with Crippen LogP contribution in [0.3, 0.4) is 0 Å². The number of methoxy groups -OCH3 is 2. The van der Waals surface area contributed by atoms with Gasteiger partial charge in [-0.15, -0.1) is 10.2 Å². The van der Waals surface area contributed by atoms with E-state index in [0.29, 0.717) is 11.1 Å². The van der Waals surface area contributed by atoms with E-state index in [4.69, 9.17) is 13.9 Å². The molecule has 124 valence electrons. The number of ether oxygens (including phenoxy) is 2. The molecule has 6 heteroatoms. The third-order valence-electron chi connectivity index (χ3n) is 3.52. The van der Waals surface area contributed by atoms with Crippen molar-refractivity contribution in [2.75, 3.05) is 20.0 Å². The molecule has 0 spiro atoms. The van der Waals surface area contributed by atoms with Crippen molar-refractivity contribution < 1.29 is 13.9 Å². The second-order valence-corrected chi connectivity index (χ2v) is 6.09. The number of nitrogens with zero attached hydrogens (tertiary/aromatic N) is 2. The number of benzene rings is 2. The minimum atomic E-state index is 0.518. The van der Waals surface area contributed by atoms with Crippen molar-refractivity contribution in [1.82, 2.24) is 10.2 Å². The third kappa shape index (κ3) is 4.08. The van der Waals surface area contributed by atoms with Crippen molar-refractivity contribution >= 4 is 11.8 Å². The van der Waals surface area contributed by atoms with Gasteiger partial charge in [-0.2, -0.15) is 0 Å². The lowest BCUT2D eigenvalue weighted by atomic mass is 10.2. The van der Waals surface area contributed by atoms with Crippen molar-refractivity contribution in [2.24, 2.45) is 0 Å². The van der Waals surface area contributed by atoms with Crippen LogP contribution in [0, 0.1) is 0 Å². The molecule has 3 rings (SSSR count). The van der Waals surface area contributed by atoms with E-state index in [1.807, 2.05) is 36.4 Å². The van der Waals surface area contributed by atoms with Crippen molar-refractivity contribution in [1.29, 1.82) is 0 Å². The van der Waals surface area contributed by atoms with Gasteiger partial charge in [0, 0.05) is 11.3 Å². The molecule has 0 aliphatic rings. The lowest BCUT2D eigenvalue weighted by molar-refractivity contribution is 0.414. The fourth-order valence-corrected chi connectivity index (χ4v) is 2.92. The van der Waals surface area contributed by atoms with Gasteiger partial charge in [-0.3, -0.25) is 0 Å². The van der Waals surface area contributed by atoms with E-state index in [9.17, 15) is 0 Å². The van der Waals surface area contributed by atoms with E-state index in [1.165, 1.54) is 5.56 Å². The molecule has 2 aromatic carbocycles. The SMILES string of the molecule is COc1ccc(CCSc2nnc(-c3ccc(OC)cc3)o2)cc1. The molecule has 0 amide bonds. The average Bonchev–Trinajstić information content (AvgIpc) is 3.11. The molecule has 0 bridgehead atoms. The molecule has 3 aromatic rings. The summed E-state index contributed by atoms with van der Waals surface area (Å²) in [6, 6.07) is 15.6. The van der Waals surface area contributed by atoms with Crippen LogP contribution in [0.25, 0.3) is 11.5 Å². The summed E-state index contributed by atoms with van der Waals surface area (Å²) >= 11 is 1.55. The summed E-state index contributed by atoms with van der Waals surface area (Å²) in [7, 11) is 3.31. The molecule has 1 aromatic heterocycles. The molecule has 0 atom stereocenters. The maximum Gasteiger partial charge on any atom is 0.276 e. The summed E-state index contributed by atoms with van der Waals surface area (Å²) in [6.45, 7) is 0. The van der Waals surface area contributed by atoms with Gasteiger partial charge in [-0.25, -0.2) is 0 Å². The standard InChI is InChI=1S/C18H18N2O3S/c1-21-15-7-3-13(4-8-15)11-12-24-18-20-19-17(23-18)14-5-9-16(22-2)10-6-14/h3-10H,11-12H2,1-2H3. The summed E-state index contributed by atoms with van der Waals surface area (Å²) < 4.78 is 16.0. The molecule has 0 saturated carbocycles. The molecular formula is C18H18N2O3S. The highest BCUT2D eigenvalue weighted by atomic mass is 32.2. The molecule has 0 saturated heterocycles.